The highest BCUT2D eigenvalue weighted by molar-refractivity contribution is 9.10. The van der Waals surface area contributed by atoms with Gasteiger partial charge in [-0.15, -0.1) is 0 Å². The average Bonchev–Trinajstić information content (AvgIpc) is 3.57. The van der Waals surface area contributed by atoms with Gasteiger partial charge in [-0.1, -0.05) is 11.6 Å². The van der Waals surface area contributed by atoms with Crippen LogP contribution in [0.15, 0.2) is 16.9 Å². The molecule has 6 heterocycles. The Balaban J connectivity index is 1.41. The van der Waals surface area contributed by atoms with Crippen LogP contribution in [0.3, 0.4) is 0 Å². The van der Waals surface area contributed by atoms with Crippen LogP contribution in [-0.2, 0) is 9.47 Å². The number of piperazine rings is 1. The molecule has 2 aromatic rings. The van der Waals surface area contributed by atoms with Crippen LogP contribution < -0.4 is 9.64 Å². The summed E-state index contributed by atoms with van der Waals surface area (Å²) in [5.41, 5.74) is -1.13. The minimum atomic E-state index is -0.916. The lowest BCUT2D eigenvalue weighted by Gasteiger charge is -2.46. The van der Waals surface area contributed by atoms with Gasteiger partial charge < -0.3 is 19.1 Å². The van der Waals surface area contributed by atoms with Crippen LogP contribution >= 0.6 is 27.5 Å². The minimum Gasteiger partial charge on any atom is -0.505 e. The molecule has 4 aliphatic heterocycles. The summed E-state index contributed by atoms with van der Waals surface area (Å²) in [6, 6.07) is -0.857. The van der Waals surface area contributed by atoms with Crippen LogP contribution in [0.25, 0.3) is 10.9 Å². The number of nitrogens with zero attached hydrogens (tertiary/aromatic N) is 6. The first-order chi connectivity index (χ1) is 20.4. The van der Waals surface area contributed by atoms with Gasteiger partial charge in [0.2, 0.25) is 0 Å². The number of alkyl halides is 1. The molecule has 234 valence electrons. The van der Waals surface area contributed by atoms with Gasteiger partial charge >= 0.3 is 12.1 Å². The fourth-order valence-corrected chi connectivity index (χ4v) is 8.01. The Bertz CT molecular complexity index is 1450. The van der Waals surface area contributed by atoms with Crippen molar-refractivity contribution in [2.45, 2.75) is 88.3 Å². The molecule has 5 atom stereocenters. The van der Waals surface area contributed by atoms with E-state index in [1.807, 2.05) is 31.7 Å². The largest absolute Gasteiger partial charge is 0.505 e. The molecule has 0 aromatic carbocycles. The van der Waals surface area contributed by atoms with Crippen molar-refractivity contribution in [1.29, 1.82) is 0 Å². The molecule has 10 nitrogen and oxygen atoms in total. The summed E-state index contributed by atoms with van der Waals surface area (Å²) in [4.78, 5) is 32.7. The first kappa shape index (κ1) is 30.5. The second kappa shape index (κ2) is 11.4. The Morgan fingerprint density at radius 3 is 2.77 bits per heavy atom. The SMILES string of the molecule is COC=C[C@H]1[C@@H]2CC[C@H](CN1c1nc(OC[C@@]34CCCN3C[C@H](F)C4)nc3c(F)c(Cl)nc(Br)c13)N2C(=O)OC(C)(C)C. The van der Waals surface area contributed by atoms with Crippen LogP contribution in [-0.4, -0.2) is 99.6 Å². The van der Waals surface area contributed by atoms with Crippen LogP contribution in [0.5, 0.6) is 6.01 Å². The van der Waals surface area contributed by atoms with Gasteiger partial charge in [0, 0.05) is 19.5 Å². The molecule has 0 unspecified atom stereocenters. The fraction of sp³-hybridized carbons (Fsp3) is 0.655. The van der Waals surface area contributed by atoms with E-state index in [1.54, 1.807) is 18.3 Å². The summed E-state index contributed by atoms with van der Waals surface area (Å²) in [5, 5.41) is -0.00206. The van der Waals surface area contributed by atoms with E-state index >= 15 is 4.39 Å². The van der Waals surface area contributed by atoms with Crippen molar-refractivity contribution in [2.24, 2.45) is 0 Å². The standard InChI is InChI=1S/C29H36BrClF2N6O4/c1-28(2,3)43-27(40)39-17-6-7-19(39)18(8-11-41-4)38(14-17)25-20-22(21(33)24(31)35-23(20)30)34-26(36-25)42-15-29-9-5-10-37(29)13-16(32)12-29/h8,11,16-19H,5-7,9-10,12-15H2,1-4H3/t16-,17-,18+,19+,29+/m1/s1. The third kappa shape index (κ3) is 5.61. The van der Waals surface area contributed by atoms with Crippen molar-refractivity contribution in [1.82, 2.24) is 24.8 Å². The smallest absolute Gasteiger partial charge is 0.410 e. The molecule has 6 rings (SSSR count). The third-order valence-corrected chi connectivity index (χ3v) is 9.71. The van der Waals surface area contributed by atoms with Gasteiger partial charge in [0.15, 0.2) is 11.0 Å². The zero-order valence-electron chi connectivity index (χ0n) is 24.7. The van der Waals surface area contributed by atoms with Crippen molar-refractivity contribution in [3.05, 3.63) is 27.9 Å². The normalized spacial score (nSPS) is 29.1. The molecule has 0 N–H and O–H groups in total. The summed E-state index contributed by atoms with van der Waals surface area (Å²) in [5.74, 6) is -0.407. The van der Waals surface area contributed by atoms with E-state index in [0.717, 1.165) is 32.2 Å². The van der Waals surface area contributed by atoms with Crippen molar-refractivity contribution >= 4 is 50.3 Å². The molecule has 0 saturated carbocycles. The molecule has 43 heavy (non-hydrogen) atoms. The molecule has 4 fully saturated rings. The van der Waals surface area contributed by atoms with E-state index in [0.29, 0.717) is 30.7 Å². The number of carbonyl (C=O) groups excluding carboxylic acids is 1. The van der Waals surface area contributed by atoms with Crippen molar-refractivity contribution in [3.63, 3.8) is 0 Å². The Hall–Kier alpha value is -2.51. The molecule has 0 aliphatic carbocycles. The predicted molar refractivity (Wildman–Crippen MR) is 161 cm³/mol. The Kier molecular flexibility index (Phi) is 8.12. The number of hydrogen-bond acceptors (Lipinski definition) is 9. The van der Waals surface area contributed by atoms with E-state index in [-0.39, 0.29) is 46.1 Å². The van der Waals surface area contributed by atoms with Gasteiger partial charge in [-0.2, -0.15) is 9.97 Å². The first-order valence-electron chi connectivity index (χ1n) is 14.6. The van der Waals surface area contributed by atoms with Gasteiger partial charge in [0.05, 0.1) is 42.4 Å². The maximum atomic E-state index is 15.6. The molecule has 14 heteroatoms. The highest BCUT2D eigenvalue weighted by Gasteiger charge is 2.51. The highest BCUT2D eigenvalue weighted by Crippen LogP contribution is 2.43. The number of rotatable bonds is 6. The lowest BCUT2D eigenvalue weighted by atomic mass is 9.95. The Morgan fingerprint density at radius 2 is 2.02 bits per heavy atom. The summed E-state index contributed by atoms with van der Waals surface area (Å²) >= 11 is 9.61. The maximum absolute atomic E-state index is 15.6. The zero-order chi connectivity index (χ0) is 30.7. The van der Waals surface area contributed by atoms with Gasteiger partial charge in [-0.25, -0.2) is 18.6 Å². The van der Waals surface area contributed by atoms with E-state index < -0.39 is 29.2 Å². The number of carbonyl (C=O) groups is 1. The van der Waals surface area contributed by atoms with Gasteiger partial charge in [-0.3, -0.25) is 9.80 Å². The maximum Gasteiger partial charge on any atom is 0.410 e. The van der Waals surface area contributed by atoms with E-state index in [4.69, 9.17) is 30.8 Å². The zero-order valence-corrected chi connectivity index (χ0v) is 27.0. The summed E-state index contributed by atoms with van der Waals surface area (Å²) < 4.78 is 47.5. The molecule has 2 aromatic heterocycles. The number of hydrogen-bond donors (Lipinski definition) is 0. The van der Waals surface area contributed by atoms with Gasteiger partial charge in [0.25, 0.3) is 0 Å². The number of methoxy groups -OCH3 is 1. The Labute approximate surface area is 262 Å². The van der Waals surface area contributed by atoms with Crippen molar-refractivity contribution in [3.8, 4) is 6.01 Å². The molecule has 0 spiro atoms. The lowest BCUT2D eigenvalue weighted by molar-refractivity contribution is 0.00942. The van der Waals surface area contributed by atoms with Gasteiger partial charge in [0.1, 0.15) is 34.3 Å². The van der Waals surface area contributed by atoms with Crippen LogP contribution in [0, 0.1) is 5.82 Å². The molecule has 1 amide bonds. The number of amides is 1. The lowest BCUT2D eigenvalue weighted by Crippen LogP contribution is -2.61. The number of pyridine rings is 1. The minimum absolute atomic E-state index is 0.0320. The first-order valence-corrected chi connectivity index (χ1v) is 15.8. The summed E-state index contributed by atoms with van der Waals surface area (Å²) in [7, 11) is 1.55. The van der Waals surface area contributed by atoms with Crippen molar-refractivity contribution < 1.29 is 27.8 Å². The topological polar surface area (TPSA) is 93.2 Å². The second-order valence-electron chi connectivity index (χ2n) is 12.8. The number of halogens is 4. The van der Waals surface area contributed by atoms with Crippen LogP contribution in [0.2, 0.25) is 5.15 Å². The number of anilines is 1. The van der Waals surface area contributed by atoms with Crippen molar-refractivity contribution in [2.75, 3.05) is 38.3 Å². The summed E-state index contributed by atoms with van der Waals surface area (Å²) in [6.45, 7) is 7.29. The van der Waals surface area contributed by atoms with E-state index in [9.17, 15) is 9.18 Å². The third-order valence-electron chi connectivity index (χ3n) is 8.89. The molecule has 4 aliphatic rings. The van der Waals surface area contributed by atoms with Gasteiger partial charge in [-0.05, 0) is 75.0 Å². The monoisotopic (exact) mass is 684 g/mol. The molecule has 0 radical (unpaired) electrons. The number of ether oxygens (including phenoxy) is 3. The predicted octanol–water partition coefficient (Wildman–Crippen LogP) is 5.65. The van der Waals surface area contributed by atoms with E-state index in [2.05, 4.69) is 30.8 Å². The summed E-state index contributed by atoms with van der Waals surface area (Å²) in [6.07, 6.45) is 5.77. The molecular weight excluding hydrogens is 650 g/mol. The van der Waals surface area contributed by atoms with Crippen LogP contribution in [0.4, 0.5) is 19.4 Å². The fourth-order valence-electron chi connectivity index (χ4n) is 7.19. The second-order valence-corrected chi connectivity index (χ2v) is 13.9. The molecule has 4 saturated heterocycles. The number of aromatic nitrogens is 3. The molecule has 2 bridgehead atoms. The molecular formula is C29H36BrClF2N6O4. The quantitative estimate of drug-likeness (QED) is 0.283. The Morgan fingerprint density at radius 1 is 1.23 bits per heavy atom. The van der Waals surface area contributed by atoms with Crippen LogP contribution in [0.1, 0.15) is 52.9 Å². The highest BCUT2D eigenvalue weighted by atomic mass is 79.9. The number of fused-ring (bicyclic) bond motifs is 4. The van der Waals surface area contributed by atoms with E-state index in [1.165, 1.54) is 0 Å². The average molecular weight is 686 g/mol.